The Morgan fingerprint density at radius 3 is 2.33 bits per heavy atom. The SMILES string of the molecule is O=C(COc1ccccc1-c1ccccc1)NN=Cc1cccc(OCc2ccccc2)c1. The summed E-state index contributed by atoms with van der Waals surface area (Å²) >= 11 is 0. The summed E-state index contributed by atoms with van der Waals surface area (Å²) in [4.78, 5) is 12.2. The lowest BCUT2D eigenvalue weighted by molar-refractivity contribution is -0.123. The molecule has 0 fully saturated rings. The average molecular weight is 437 g/mol. The zero-order valence-corrected chi connectivity index (χ0v) is 18.1. The van der Waals surface area contributed by atoms with Crippen molar-refractivity contribution in [1.82, 2.24) is 5.43 Å². The van der Waals surface area contributed by atoms with Crippen molar-refractivity contribution in [1.29, 1.82) is 0 Å². The van der Waals surface area contributed by atoms with E-state index < -0.39 is 0 Å². The van der Waals surface area contributed by atoms with E-state index in [-0.39, 0.29) is 12.5 Å². The standard InChI is InChI=1S/C28H24N2O3/c31-28(21-33-27-17-8-7-16-26(27)24-13-5-2-6-14-24)30-29-19-23-12-9-15-25(18-23)32-20-22-10-3-1-4-11-22/h1-19H,20-21H2,(H,30,31). The third-order valence-corrected chi connectivity index (χ3v) is 4.84. The van der Waals surface area contributed by atoms with Crippen LogP contribution in [-0.2, 0) is 11.4 Å². The molecule has 4 aromatic rings. The van der Waals surface area contributed by atoms with E-state index in [1.54, 1.807) is 6.21 Å². The van der Waals surface area contributed by atoms with Crippen molar-refractivity contribution in [3.8, 4) is 22.6 Å². The van der Waals surface area contributed by atoms with Crippen LogP contribution in [0, 0.1) is 0 Å². The summed E-state index contributed by atoms with van der Waals surface area (Å²) in [7, 11) is 0. The van der Waals surface area contributed by atoms with Gasteiger partial charge in [-0.2, -0.15) is 5.10 Å². The Morgan fingerprint density at radius 2 is 1.52 bits per heavy atom. The molecule has 0 aliphatic carbocycles. The van der Waals surface area contributed by atoms with Gasteiger partial charge < -0.3 is 9.47 Å². The van der Waals surface area contributed by atoms with Crippen LogP contribution in [0.15, 0.2) is 114 Å². The second-order valence-electron chi connectivity index (χ2n) is 7.29. The highest BCUT2D eigenvalue weighted by molar-refractivity contribution is 5.83. The first-order chi connectivity index (χ1) is 16.3. The predicted octanol–water partition coefficient (Wildman–Crippen LogP) is 5.46. The highest BCUT2D eigenvalue weighted by atomic mass is 16.5. The van der Waals surface area contributed by atoms with Gasteiger partial charge in [-0.1, -0.05) is 91.0 Å². The first kappa shape index (κ1) is 21.8. The fraction of sp³-hybridized carbons (Fsp3) is 0.0714. The van der Waals surface area contributed by atoms with Crippen molar-refractivity contribution in [2.75, 3.05) is 6.61 Å². The van der Waals surface area contributed by atoms with Crippen LogP contribution < -0.4 is 14.9 Å². The summed E-state index contributed by atoms with van der Waals surface area (Å²) in [5.41, 5.74) is 6.37. The van der Waals surface area contributed by atoms with E-state index >= 15 is 0 Å². The zero-order chi connectivity index (χ0) is 22.7. The Balaban J connectivity index is 1.29. The molecule has 0 radical (unpaired) electrons. The van der Waals surface area contributed by atoms with Gasteiger partial charge in [0.2, 0.25) is 0 Å². The first-order valence-corrected chi connectivity index (χ1v) is 10.6. The zero-order valence-electron chi connectivity index (χ0n) is 18.1. The summed E-state index contributed by atoms with van der Waals surface area (Å²) < 4.78 is 11.6. The van der Waals surface area contributed by atoms with Crippen LogP contribution in [0.2, 0.25) is 0 Å². The van der Waals surface area contributed by atoms with Gasteiger partial charge >= 0.3 is 0 Å². The first-order valence-electron chi connectivity index (χ1n) is 10.6. The lowest BCUT2D eigenvalue weighted by atomic mass is 10.1. The van der Waals surface area contributed by atoms with Crippen molar-refractivity contribution >= 4 is 12.1 Å². The van der Waals surface area contributed by atoms with Crippen molar-refractivity contribution in [3.63, 3.8) is 0 Å². The van der Waals surface area contributed by atoms with Crippen LogP contribution in [0.3, 0.4) is 0 Å². The maximum atomic E-state index is 12.2. The minimum atomic E-state index is -0.342. The van der Waals surface area contributed by atoms with E-state index in [2.05, 4.69) is 10.5 Å². The molecule has 4 aromatic carbocycles. The summed E-state index contributed by atoms with van der Waals surface area (Å²) in [6.45, 7) is 0.349. The lowest BCUT2D eigenvalue weighted by Crippen LogP contribution is -2.24. The van der Waals surface area contributed by atoms with E-state index in [0.717, 1.165) is 28.0 Å². The molecule has 0 bridgehead atoms. The van der Waals surface area contributed by atoms with Crippen LogP contribution in [0.1, 0.15) is 11.1 Å². The number of ether oxygens (including phenoxy) is 2. The number of nitrogens with one attached hydrogen (secondary N) is 1. The number of carbonyl (C=O) groups excluding carboxylic acids is 1. The number of hydrogen-bond acceptors (Lipinski definition) is 4. The fourth-order valence-corrected chi connectivity index (χ4v) is 3.23. The second kappa shape index (κ2) is 11.3. The molecule has 4 rings (SSSR count). The Morgan fingerprint density at radius 1 is 0.788 bits per heavy atom. The number of benzene rings is 4. The largest absolute Gasteiger partial charge is 0.489 e. The molecule has 1 amide bonds. The van der Waals surface area contributed by atoms with E-state index in [4.69, 9.17) is 9.47 Å². The van der Waals surface area contributed by atoms with Gasteiger partial charge in [0.25, 0.3) is 5.91 Å². The van der Waals surface area contributed by atoms with Gasteiger partial charge in [0.05, 0.1) is 6.21 Å². The number of carbonyl (C=O) groups is 1. The van der Waals surface area contributed by atoms with E-state index in [1.165, 1.54) is 0 Å². The minimum Gasteiger partial charge on any atom is -0.489 e. The number of hydrazone groups is 1. The van der Waals surface area contributed by atoms with Crippen LogP contribution in [0.4, 0.5) is 0 Å². The van der Waals surface area contributed by atoms with Gasteiger partial charge in [0.1, 0.15) is 18.1 Å². The molecule has 5 nitrogen and oxygen atoms in total. The van der Waals surface area contributed by atoms with Gasteiger partial charge in [0.15, 0.2) is 6.61 Å². The highest BCUT2D eigenvalue weighted by Crippen LogP contribution is 2.29. The molecule has 1 N–H and O–H groups in total. The third-order valence-electron chi connectivity index (χ3n) is 4.84. The molecule has 0 spiro atoms. The smallest absolute Gasteiger partial charge is 0.277 e. The van der Waals surface area contributed by atoms with Gasteiger partial charge in [0, 0.05) is 5.56 Å². The predicted molar refractivity (Wildman–Crippen MR) is 130 cm³/mol. The van der Waals surface area contributed by atoms with Gasteiger partial charge in [-0.3, -0.25) is 4.79 Å². The molecule has 0 saturated carbocycles. The van der Waals surface area contributed by atoms with Gasteiger partial charge in [-0.25, -0.2) is 5.43 Å². The van der Waals surface area contributed by atoms with E-state index in [0.29, 0.717) is 12.4 Å². The van der Waals surface area contributed by atoms with Crippen molar-refractivity contribution in [2.45, 2.75) is 6.61 Å². The number of rotatable bonds is 9. The van der Waals surface area contributed by atoms with E-state index in [1.807, 2.05) is 109 Å². The normalized spacial score (nSPS) is 10.7. The minimum absolute atomic E-state index is 0.137. The Kier molecular flexibility index (Phi) is 7.48. The Hall–Kier alpha value is -4.38. The van der Waals surface area contributed by atoms with E-state index in [9.17, 15) is 4.79 Å². The molecule has 164 valence electrons. The Labute approximate surface area is 193 Å². The molecule has 0 heterocycles. The highest BCUT2D eigenvalue weighted by Gasteiger charge is 2.07. The second-order valence-corrected chi connectivity index (χ2v) is 7.29. The molecular weight excluding hydrogens is 412 g/mol. The van der Waals surface area contributed by atoms with Crippen LogP contribution in [0.25, 0.3) is 11.1 Å². The van der Waals surface area contributed by atoms with Crippen molar-refractivity contribution in [3.05, 3.63) is 120 Å². The van der Waals surface area contributed by atoms with Crippen LogP contribution in [-0.4, -0.2) is 18.7 Å². The maximum absolute atomic E-state index is 12.2. The summed E-state index contributed by atoms with van der Waals surface area (Å²) in [5.74, 6) is 1.03. The molecule has 0 aliphatic rings. The maximum Gasteiger partial charge on any atom is 0.277 e. The molecule has 0 saturated heterocycles. The summed E-state index contributed by atoms with van der Waals surface area (Å²) in [6.07, 6.45) is 1.57. The number of nitrogens with zero attached hydrogens (tertiary/aromatic N) is 1. The topological polar surface area (TPSA) is 59.9 Å². The quantitative estimate of drug-likeness (QED) is 0.280. The summed E-state index contributed by atoms with van der Waals surface area (Å²) in [6, 6.07) is 35.0. The number of para-hydroxylation sites is 1. The van der Waals surface area contributed by atoms with Crippen LogP contribution in [0.5, 0.6) is 11.5 Å². The molecule has 0 atom stereocenters. The fourth-order valence-electron chi connectivity index (χ4n) is 3.23. The molecule has 0 aromatic heterocycles. The molecular formula is C28H24N2O3. The summed E-state index contributed by atoms with van der Waals surface area (Å²) in [5, 5.41) is 4.03. The van der Waals surface area contributed by atoms with Crippen molar-refractivity contribution in [2.24, 2.45) is 5.10 Å². The van der Waals surface area contributed by atoms with Crippen molar-refractivity contribution < 1.29 is 14.3 Å². The number of amides is 1. The number of hydrogen-bond donors (Lipinski definition) is 1. The molecule has 5 heteroatoms. The van der Waals surface area contributed by atoms with Gasteiger partial charge in [-0.15, -0.1) is 0 Å². The monoisotopic (exact) mass is 436 g/mol. The molecule has 0 unspecified atom stereocenters. The van der Waals surface area contributed by atoms with Gasteiger partial charge in [-0.05, 0) is 34.9 Å². The third kappa shape index (κ3) is 6.55. The molecule has 0 aliphatic heterocycles. The molecule has 33 heavy (non-hydrogen) atoms. The van der Waals surface area contributed by atoms with Crippen LogP contribution >= 0.6 is 0 Å². The average Bonchev–Trinajstić information content (AvgIpc) is 2.88. The lowest BCUT2D eigenvalue weighted by Gasteiger charge is -2.11. The Bertz CT molecular complexity index is 1210.